The molecule has 3 heterocycles. The number of piperazine rings is 1. The van der Waals surface area contributed by atoms with Crippen LogP contribution in [0.3, 0.4) is 0 Å². The predicted molar refractivity (Wildman–Crippen MR) is 95.6 cm³/mol. The molecule has 2 aliphatic rings. The SMILES string of the molecule is CN1CCN(c2ncccc2CNC(=O)COC[C@H]2CCCO2)CC1. The van der Waals surface area contributed by atoms with Crippen LogP contribution in [0.25, 0.3) is 0 Å². The van der Waals surface area contributed by atoms with Gasteiger partial charge in [0, 0.05) is 51.1 Å². The van der Waals surface area contributed by atoms with Gasteiger partial charge in [-0.05, 0) is 26.0 Å². The van der Waals surface area contributed by atoms with Crippen LogP contribution in [0.2, 0.25) is 0 Å². The van der Waals surface area contributed by atoms with Crippen LogP contribution in [0, 0.1) is 0 Å². The number of ether oxygens (including phenoxy) is 2. The van der Waals surface area contributed by atoms with Gasteiger partial charge in [0.15, 0.2) is 0 Å². The van der Waals surface area contributed by atoms with Crippen molar-refractivity contribution in [1.29, 1.82) is 0 Å². The summed E-state index contributed by atoms with van der Waals surface area (Å²) in [6.07, 6.45) is 4.06. The summed E-state index contributed by atoms with van der Waals surface area (Å²) >= 11 is 0. The number of pyridine rings is 1. The average Bonchev–Trinajstić information content (AvgIpc) is 3.14. The quantitative estimate of drug-likeness (QED) is 0.780. The molecule has 0 aromatic carbocycles. The molecule has 7 heteroatoms. The van der Waals surface area contributed by atoms with Crippen LogP contribution >= 0.6 is 0 Å². The van der Waals surface area contributed by atoms with Crippen molar-refractivity contribution in [3.8, 4) is 0 Å². The molecule has 0 bridgehead atoms. The summed E-state index contributed by atoms with van der Waals surface area (Å²) in [6, 6.07) is 3.93. The number of aromatic nitrogens is 1. The van der Waals surface area contributed by atoms with E-state index in [-0.39, 0.29) is 18.6 Å². The number of likely N-dealkylation sites (N-methyl/N-ethyl adjacent to an activating group) is 1. The Morgan fingerprint density at radius 1 is 1.40 bits per heavy atom. The fourth-order valence-corrected chi connectivity index (χ4v) is 3.17. The highest BCUT2D eigenvalue weighted by molar-refractivity contribution is 5.77. The zero-order valence-corrected chi connectivity index (χ0v) is 14.9. The summed E-state index contributed by atoms with van der Waals surface area (Å²) in [5.41, 5.74) is 1.04. The number of amides is 1. The van der Waals surface area contributed by atoms with Crippen molar-refractivity contribution in [2.24, 2.45) is 0 Å². The van der Waals surface area contributed by atoms with Gasteiger partial charge in [0.05, 0.1) is 12.7 Å². The predicted octanol–water partition coefficient (Wildman–Crippen LogP) is 0.645. The van der Waals surface area contributed by atoms with E-state index in [1.165, 1.54) is 0 Å². The first-order valence-corrected chi connectivity index (χ1v) is 9.06. The molecule has 1 N–H and O–H groups in total. The lowest BCUT2D eigenvalue weighted by Crippen LogP contribution is -2.45. The van der Waals surface area contributed by atoms with E-state index in [1.54, 1.807) is 0 Å². The van der Waals surface area contributed by atoms with Crippen LogP contribution < -0.4 is 10.2 Å². The van der Waals surface area contributed by atoms with Gasteiger partial charge in [0.2, 0.25) is 5.91 Å². The molecule has 0 radical (unpaired) electrons. The highest BCUT2D eigenvalue weighted by Gasteiger charge is 2.19. The number of carbonyl (C=O) groups is 1. The molecule has 2 fully saturated rings. The van der Waals surface area contributed by atoms with Gasteiger partial charge >= 0.3 is 0 Å². The van der Waals surface area contributed by atoms with E-state index in [9.17, 15) is 4.79 Å². The van der Waals surface area contributed by atoms with E-state index in [1.807, 2.05) is 18.3 Å². The van der Waals surface area contributed by atoms with Gasteiger partial charge in [0.1, 0.15) is 12.4 Å². The summed E-state index contributed by atoms with van der Waals surface area (Å²) in [4.78, 5) is 21.1. The Hall–Kier alpha value is -1.70. The fourth-order valence-electron chi connectivity index (χ4n) is 3.17. The van der Waals surface area contributed by atoms with Gasteiger partial charge in [-0.1, -0.05) is 6.07 Å². The number of rotatable bonds is 7. The first-order valence-electron chi connectivity index (χ1n) is 9.06. The monoisotopic (exact) mass is 348 g/mol. The van der Waals surface area contributed by atoms with Gasteiger partial charge < -0.3 is 24.6 Å². The van der Waals surface area contributed by atoms with Crippen molar-refractivity contribution < 1.29 is 14.3 Å². The minimum Gasteiger partial charge on any atom is -0.376 e. The van der Waals surface area contributed by atoms with Crippen LogP contribution in [-0.4, -0.2) is 74.9 Å². The van der Waals surface area contributed by atoms with Crippen LogP contribution in [0.1, 0.15) is 18.4 Å². The number of nitrogens with one attached hydrogen (secondary N) is 1. The highest BCUT2D eigenvalue weighted by Crippen LogP contribution is 2.18. The van der Waals surface area contributed by atoms with Gasteiger partial charge in [-0.3, -0.25) is 4.79 Å². The standard InChI is InChI=1S/C18H28N4O3/c1-21-7-9-22(10-8-21)18-15(4-2-6-19-18)12-20-17(23)14-24-13-16-5-3-11-25-16/h2,4,6,16H,3,5,7-14H2,1H3,(H,20,23)/t16-/m1/s1. The molecule has 2 aliphatic heterocycles. The second kappa shape index (κ2) is 9.12. The zero-order valence-electron chi connectivity index (χ0n) is 14.9. The maximum absolute atomic E-state index is 12.0. The van der Waals surface area contributed by atoms with Gasteiger partial charge in [0.25, 0.3) is 0 Å². The summed E-state index contributed by atoms with van der Waals surface area (Å²) < 4.78 is 10.9. The summed E-state index contributed by atoms with van der Waals surface area (Å²) in [5, 5.41) is 2.93. The van der Waals surface area contributed by atoms with E-state index < -0.39 is 0 Å². The Kier molecular flexibility index (Phi) is 6.61. The molecule has 138 valence electrons. The van der Waals surface area contributed by atoms with E-state index in [0.29, 0.717) is 13.2 Å². The highest BCUT2D eigenvalue weighted by atomic mass is 16.5. The van der Waals surface area contributed by atoms with Crippen molar-refractivity contribution in [2.45, 2.75) is 25.5 Å². The van der Waals surface area contributed by atoms with Crippen LogP contribution in [0.15, 0.2) is 18.3 Å². The first kappa shape index (κ1) is 18.1. The second-order valence-electron chi connectivity index (χ2n) is 6.70. The number of anilines is 1. The number of hydrogen-bond acceptors (Lipinski definition) is 6. The lowest BCUT2D eigenvalue weighted by atomic mass is 10.2. The molecule has 0 saturated carbocycles. The zero-order chi connectivity index (χ0) is 17.5. The molecule has 0 spiro atoms. The number of carbonyl (C=O) groups excluding carboxylic acids is 1. The largest absolute Gasteiger partial charge is 0.376 e. The molecule has 1 atom stereocenters. The molecule has 0 aliphatic carbocycles. The normalized spacial score (nSPS) is 21.5. The summed E-state index contributed by atoms with van der Waals surface area (Å²) in [7, 11) is 2.13. The van der Waals surface area contributed by atoms with E-state index >= 15 is 0 Å². The second-order valence-corrected chi connectivity index (χ2v) is 6.70. The van der Waals surface area contributed by atoms with Crippen molar-refractivity contribution in [1.82, 2.24) is 15.2 Å². The molecule has 1 amide bonds. The average molecular weight is 348 g/mol. The van der Waals surface area contributed by atoms with Gasteiger partial charge in [-0.2, -0.15) is 0 Å². The van der Waals surface area contributed by atoms with E-state index in [4.69, 9.17) is 9.47 Å². The number of nitrogens with zero attached hydrogens (tertiary/aromatic N) is 3. The van der Waals surface area contributed by atoms with Crippen LogP contribution in [0.5, 0.6) is 0 Å². The molecule has 2 saturated heterocycles. The topological polar surface area (TPSA) is 66.9 Å². The van der Waals surface area contributed by atoms with Crippen molar-refractivity contribution in [3.63, 3.8) is 0 Å². The Morgan fingerprint density at radius 2 is 2.24 bits per heavy atom. The van der Waals surface area contributed by atoms with Gasteiger partial charge in [-0.25, -0.2) is 4.98 Å². The van der Waals surface area contributed by atoms with Gasteiger partial charge in [-0.15, -0.1) is 0 Å². The lowest BCUT2D eigenvalue weighted by Gasteiger charge is -2.34. The summed E-state index contributed by atoms with van der Waals surface area (Å²) in [5.74, 6) is 0.863. The van der Waals surface area contributed by atoms with E-state index in [0.717, 1.165) is 57.0 Å². The molecule has 1 aromatic heterocycles. The number of hydrogen-bond donors (Lipinski definition) is 1. The molecule has 3 rings (SSSR count). The minimum atomic E-state index is -0.105. The van der Waals surface area contributed by atoms with Crippen molar-refractivity contribution >= 4 is 11.7 Å². The minimum absolute atomic E-state index is 0.0734. The van der Waals surface area contributed by atoms with Crippen LogP contribution in [0.4, 0.5) is 5.82 Å². The molecular weight excluding hydrogens is 320 g/mol. The van der Waals surface area contributed by atoms with Crippen molar-refractivity contribution in [2.75, 3.05) is 57.9 Å². The summed E-state index contributed by atoms with van der Waals surface area (Å²) in [6.45, 7) is 5.81. The Bertz CT molecular complexity index is 555. The molecular formula is C18H28N4O3. The Morgan fingerprint density at radius 3 is 3.00 bits per heavy atom. The third-order valence-electron chi connectivity index (χ3n) is 4.71. The molecule has 25 heavy (non-hydrogen) atoms. The smallest absolute Gasteiger partial charge is 0.246 e. The third-order valence-corrected chi connectivity index (χ3v) is 4.71. The lowest BCUT2D eigenvalue weighted by molar-refractivity contribution is -0.127. The maximum atomic E-state index is 12.0. The Balaban J connectivity index is 1.45. The first-order chi connectivity index (χ1) is 12.2. The van der Waals surface area contributed by atoms with E-state index in [2.05, 4.69) is 27.1 Å². The van der Waals surface area contributed by atoms with Crippen molar-refractivity contribution in [3.05, 3.63) is 23.9 Å². The molecule has 0 unspecified atom stereocenters. The maximum Gasteiger partial charge on any atom is 0.246 e. The molecule has 7 nitrogen and oxygen atoms in total. The fraction of sp³-hybridized carbons (Fsp3) is 0.667. The third kappa shape index (κ3) is 5.39. The molecule has 1 aromatic rings. The van der Waals surface area contributed by atoms with Crippen LogP contribution in [-0.2, 0) is 20.8 Å². The Labute approximate surface area is 149 Å².